The first-order chi connectivity index (χ1) is 8.97. The van der Waals surface area contributed by atoms with Crippen LogP contribution >= 0.6 is 11.6 Å². The van der Waals surface area contributed by atoms with Gasteiger partial charge in [-0.2, -0.15) is 0 Å². The predicted molar refractivity (Wildman–Crippen MR) is 77.0 cm³/mol. The van der Waals surface area contributed by atoms with Crippen LogP contribution in [0.4, 0.5) is 5.69 Å². The van der Waals surface area contributed by atoms with Gasteiger partial charge in [0.2, 0.25) is 0 Å². The van der Waals surface area contributed by atoms with Crippen LogP contribution in [0.5, 0.6) is 5.75 Å². The molecule has 0 radical (unpaired) electrons. The van der Waals surface area contributed by atoms with Crippen LogP contribution in [0.2, 0.25) is 5.02 Å². The molecule has 0 fully saturated rings. The Morgan fingerprint density at radius 1 is 1.16 bits per heavy atom. The number of hydrogen-bond donors (Lipinski definition) is 2. The van der Waals surface area contributed by atoms with E-state index in [9.17, 15) is 9.90 Å². The lowest BCUT2D eigenvalue weighted by Gasteiger charge is -2.10. The Balaban J connectivity index is 2.25. The van der Waals surface area contributed by atoms with Crippen molar-refractivity contribution in [2.45, 2.75) is 13.8 Å². The summed E-state index contributed by atoms with van der Waals surface area (Å²) in [5.41, 5.74) is 2.82. The summed E-state index contributed by atoms with van der Waals surface area (Å²) in [6.07, 6.45) is 0. The summed E-state index contributed by atoms with van der Waals surface area (Å²) >= 11 is 6.07. The molecule has 0 aromatic heterocycles. The highest BCUT2D eigenvalue weighted by atomic mass is 35.5. The van der Waals surface area contributed by atoms with Crippen molar-refractivity contribution in [2.75, 3.05) is 5.32 Å². The highest BCUT2D eigenvalue weighted by Crippen LogP contribution is 2.24. The third kappa shape index (κ3) is 3.06. The average molecular weight is 276 g/mol. The van der Waals surface area contributed by atoms with Gasteiger partial charge in [0, 0.05) is 5.56 Å². The number of carbonyl (C=O) groups excluding carboxylic acids is 1. The van der Waals surface area contributed by atoms with Crippen LogP contribution in [0, 0.1) is 13.8 Å². The molecule has 0 atom stereocenters. The van der Waals surface area contributed by atoms with E-state index in [1.54, 1.807) is 31.2 Å². The number of halogens is 1. The molecule has 0 heterocycles. The van der Waals surface area contributed by atoms with Crippen molar-refractivity contribution in [1.29, 1.82) is 0 Å². The van der Waals surface area contributed by atoms with Crippen molar-refractivity contribution < 1.29 is 9.90 Å². The topological polar surface area (TPSA) is 49.3 Å². The van der Waals surface area contributed by atoms with Crippen LogP contribution in [-0.4, -0.2) is 11.0 Å². The molecule has 19 heavy (non-hydrogen) atoms. The zero-order chi connectivity index (χ0) is 14.0. The van der Waals surface area contributed by atoms with Crippen LogP contribution in [0.1, 0.15) is 21.5 Å². The van der Waals surface area contributed by atoms with Gasteiger partial charge in [-0.25, -0.2) is 0 Å². The quantitative estimate of drug-likeness (QED) is 0.873. The van der Waals surface area contributed by atoms with Crippen molar-refractivity contribution in [1.82, 2.24) is 0 Å². The van der Waals surface area contributed by atoms with Crippen LogP contribution < -0.4 is 5.32 Å². The van der Waals surface area contributed by atoms with Crippen LogP contribution in [-0.2, 0) is 0 Å². The number of benzene rings is 2. The molecule has 98 valence electrons. The van der Waals surface area contributed by atoms with Crippen molar-refractivity contribution in [3.05, 3.63) is 58.1 Å². The van der Waals surface area contributed by atoms with Crippen molar-refractivity contribution >= 4 is 23.2 Å². The number of aryl methyl sites for hydroxylation is 2. The third-order valence-electron chi connectivity index (χ3n) is 2.83. The highest BCUT2D eigenvalue weighted by molar-refractivity contribution is 6.34. The number of carbonyl (C=O) groups is 1. The summed E-state index contributed by atoms with van der Waals surface area (Å²) < 4.78 is 0. The number of amides is 1. The Kier molecular flexibility index (Phi) is 3.76. The summed E-state index contributed by atoms with van der Waals surface area (Å²) in [6.45, 7) is 3.70. The van der Waals surface area contributed by atoms with Gasteiger partial charge in [0.1, 0.15) is 5.75 Å². The first-order valence-corrected chi connectivity index (χ1v) is 6.22. The number of hydrogen-bond acceptors (Lipinski definition) is 2. The normalized spacial score (nSPS) is 10.3. The number of phenols is 1. The Morgan fingerprint density at radius 2 is 1.89 bits per heavy atom. The van der Waals surface area contributed by atoms with E-state index in [2.05, 4.69) is 5.32 Å². The SMILES string of the molecule is Cc1ccc(NC(=O)c2ccc(O)cc2C)c(Cl)c1. The molecule has 1 amide bonds. The van der Waals surface area contributed by atoms with E-state index in [1.165, 1.54) is 6.07 Å². The fraction of sp³-hybridized carbons (Fsp3) is 0.133. The van der Waals surface area contributed by atoms with E-state index in [4.69, 9.17) is 11.6 Å². The molecule has 0 aliphatic heterocycles. The lowest BCUT2D eigenvalue weighted by atomic mass is 10.1. The molecule has 0 spiro atoms. The zero-order valence-electron chi connectivity index (χ0n) is 10.7. The molecule has 0 saturated carbocycles. The fourth-order valence-corrected chi connectivity index (χ4v) is 2.10. The second kappa shape index (κ2) is 5.33. The van der Waals surface area contributed by atoms with Gasteiger partial charge >= 0.3 is 0 Å². The van der Waals surface area contributed by atoms with Crippen molar-refractivity contribution in [3.63, 3.8) is 0 Å². The molecule has 0 aliphatic rings. The molecule has 2 aromatic rings. The van der Waals surface area contributed by atoms with E-state index in [1.807, 2.05) is 13.0 Å². The Hall–Kier alpha value is -2.00. The summed E-state index contributed by atoms with van der Waals surface area (Å²) in [6, 6.07) is 10.1. The Bertz CT molecular complexity index is 638. The van der Waals surface area contributed by atoms with E-state index in [0.717, 1.165) is 5.56 Å². The lowest BCUT2D eigenvalue weighted by Crippen LogP contribution is -2.13. The van der Waals surface area contributed by atoms with Gasteiger partial charge < -0.3 is 10.4 Å². The maximum Gasteiger partial charge on any atom is 0.255 e. The van der Waals surface area contributed by atoms with Gasteiger partial charge in [0.05, 0.1) is 10.7 Å². The number of rotatable bonds is 2. The zero-order valence-corrected chi connectivity index (χ0v) is 11.5. The van der Waals surface area contributed by atoms with Gasteiger partial charge in [-0.1, -0.05) is 17.7 Å². The van der Waals surface area contributed by atoms with E-state index in [-0.39, 0.29) is 11.7 Å². The monoisotopic (exact) mass is 275 g/mol. The van der Waals surface area contributed by atoms with Gasteiger partial charge in [0.15, 0.2) is 0 Å². The minimum absolute atomic E-state index is 0.141. The number of nitrogens with one attached hydrogen (secondary N) is 1. The molecule has 0 aliphatic carbocycles. The molecule has 2 rings (SSSR count). The minimum Gasteiger partial charge on any atom is -0.508 e. The lowest BCUT2D eigenvalue weighted by molar-refractivity contribution is 0.102. The maximum absolute atomic E-state index is 12.1. The largest absolute Gasteiger partial charge is 0.508 e. The maximum atomic E-state index is 12.1. The molecular formula is C15H14ClNO2. The van der Waals surface area contributed by atoms with Crippen LogP contribution in [0.15, 0.2) is 36.4 Å². The molecule has 4 heteroatoms. The molecule has 0 saturated heterocycles. The summed E-state index contributed by atoms with van der Waals surface area (Å²) in [7, 11) is 0. The highest BCUT2D eigenvalue weighted by Gasteiger charge is 2.11. The van der Waals surface area contributed by atoms with Gasteiger partial charge in [-0.15, -0.1) is 0 Å². The van der Waals surface area contributed by atoms with Gasteiger partial charge in [0.25, 0.3) is 5.91 Å². The minimum atomic E-state index is -0.247. The summed E-state index contributed by atoms with van der Waals surface area (Å²) in [4.78, 5) is 12.1. The van der Waals surface area contributed by atoms with Gasteiger partial charge in [-0.3, -0.25) is 4.79 Å². The first-order valence-electron chi connectivity index (χ1n) is 5.84. The molecule has 0 bridgehead atoms. The molecule has 3 nitrogen and oxygen atoms in total. The number of anilines is 1. The predicted octanol–water partition coefficient (Wildman–Crippen LogP) is 3.91. The van der Waals surface area contributed by atoms with E-state index in [0.29, 0.717) is 21.8 Å². The molecule has 2 N–H and O–H groups in total. The van der Waals surface area contributed by atoms with E-state index >= 15 is 0 Å². The van der Waals surface area contributed by atoms with Gasteiger partial charge in [-0.05, 0) is 55.3 Å². The van der Waals surface area contributed by atoms with Crippen molar-refractivity contribution in [2.24, 2.45) is 0 Å². The second-order valence-corrected chi connectivity index (χ2v) is 4.84. The first kappa shape index (κ1) is 13.4. The Labute approximate surface area is 116 Å². The summed E-state index contributed by atoms with van der Waals surface area (Å²) in [5.74, 6) is -0.106. The Morgan fingerprint density at radius 3 is 2.53 bits per heavy atom. The summed E-state index contributed by atoms with van der Waals surface area (Å²) in [5, 5.41) is 12.6. The smallest absolute Gasteiger partial charge is 0.255 e. The molecule has 0 unspecified atom stereocenters. The van der Waals surface area contributed by atoms with Crippen LogP contribution in [0.25, 0.3) is 0 Å². The third-order valence-corrected chi connectivity index (χ3v) is 3.14. The second-order valence-electron chi connectivity index (χ2n) is 4.44. The van der Waals surface area contributed by atoms with Crippen LogP contribution in [0.3, 0.4) is 0 Å². The number of phenolic OH excluding ortho intramolecular Hbond substituents is 1. The molecular weight excluding hydrogens is 262 g/mol. The standard InChI is InChI=1S/C15H14ClNO2/c1-9-3-6-14(13(16)7-9)17-15(19)12-5-4-11(18)8-10(12)2/h3-8,18H,1-2H3,(H,17,19). The fourth-order valence-electron chi connectivity index (χ4n) is 1.81. The van der Waals surface area contributed by atoms with E-state index < -0.39 is 0 Å². The van der Waals surface area contributed by atoms with Crippen molar-refractivity contribution in [3.8, 4) is 5.75 Å². The number of aromatic hydroxyl groups is 1. The average Bonchev–Trinajstić information content (AvgIpc) is 2.32. The molecule has 2 aromatic carbocycles.